The van der Waals surface area contributed by atoms with Gasteiger partial charge in [-0.2, -0.15) is 0 Å². The van der Waals surface area contributed by atoms with E-state index in [-0.39, 0.29) is 11.8 Å². The number of carbonyl (C=O) groups excluding carboxylic acids is 2. The van der Waals surface area contributed by atoms with Gasteiger partial charge in [-0.3, -0.25) is 9.59 Å². The molecule has 0 bridgehead atoms. The maximum atomic E-state index is 12.4. The molecule has 1 fully saturated rings. The van der Waals surface area contributed by atoms with Gasteiger partial charge in [0.05, 0.1) is 5.88 Å². The number of hydrogen-bond acceptors (Lipinski definition) is 5. The van der Waals surface area contributed by atoms with Gasteiger partial charge in [-0.1, -0.05) is 30.3 Å². The van der Waals surface area contributed by atoms with Crippen molar-refractivity contribution in [2.45, 2.75) is 6.04 Å². The molecule has 0 saturated carbocycles. The number of thiazole rings is 1. The van der Waals surface area contributed by atoms with Crippen molar-refractivity contribution in [3.63, 3.8) is 0 Å². The lowest BCUT2D eigenvalue weighted by Gasteiger charge is -2.21. The number of nitrogens with zero attached hydrogens (tertiary/aromatic N) is 2. The average Bonchev–Trinajstić information content (AvgIpc) is 3.24. The van der Waals surface area contributed by atoms with Crippen LogP contribution in [-0.4, -0.2) is 39.4 Å². The van der Waals surface area contributed by atoms with Crippen LogP contribution in [0.25, 0.3) is 6.08 Å². The Morgan fingerprint density at radius 3 is 2.87 bits per heavy atom. The first-order valence-corrected chi connectivity index (χ1v) is 9.09. The predicted molar refractivity (Wildman–Crippen MR) is 94.2 cm³/mol. The predicted octanol–water partition coefficient (Wildman–Crippen LogP) is 2.70. The minimum absolute atomic E-state index is 0.154. The summed E-state index contributed by atoms with van der Waals surface area (Å²) in [6.07, 6.45) is 4.92. The van der Waals surface area contributed by atoms with Gasteiger partial charge in [0.1, 0.15) is 6.04 Å². The van der Waals surface area contributed by atoms with E-state index in [4.69, 9.17) is 0 Å². The van der Waals surface area contributed by atoms with Crippen molar-refractivity contribution in [2.24, 2.45) is 0 Å². The molecule has 0 aliphatic carbocycles. The first-order valence-electron chi connectivity index (χ1n) is 7.06. The van der Waals surface area contributed by atoms with Crippen LogP contribution < -0.4 is 5.32 Å². The largest absolute Gasteiger partial charge is 0.317 e. The van der Waals surface area contributed by atoms with Gasteiger partial charge in [0.25, 0.3) is 0 Å². The van der Waals surface area contributed by atoms with Gasteiger partial charge in [-0.25, -0.2) is 4.98 Å². The highest BCUT2D eigenvalue weighted by molar-refractivity contribution is 7.99. The monoisotopic (exact) mass is 345 g/mol. The Kier molecular flexibility index (Phi) is 5.09. The number of hydrogen-bond donors (Lipinski definition) is 1. The molecule has 0 radical (unpaired) electrons. The van der Waals surface area contributed by atoms with Gasteiger partial charge < -0.3 is 10.2 Å². The zero-order valence-corrected chi connectivity index (χ0v) is 13.8. The third-order valence-electron chi connectivity index (χ3n) is 3.35. The second kappa shape index (κ2) is 7.43. The molecule has 23 heavy (non-hydrogen) atoms. The zero-order chi connectivity index (χ0) is 16.1. The van der Waals surface area contributed by atoms with Crippen LogP contribution in [-0.2, 0) is 9.59 Å². The van der Waals surface area contributed by atoms with E-state index < -0.39 is 6.04 Å². The van der Waals surface area contributed by atoms with E-state index in [1.54, 1.807) is 34.3 Å². The molecule has 118 valence electrons. The van der Waals surface area contributed by atoms with Gasteiger partial charge in [0.2, 0.25) is 11.8 Å². The van der Waals surface area contributed by atoms with Crippen LogP contribution in [0.2, 0.25) is 0 Å². The summed E-state index contributed by atoms with van der Waals surface area (Å²) in [6, 6.07) is 9.15. The SMILES string of the molecule is O=C(Nc1nccs1)C1CSCN1C(=O)C=Cc1ccccc1. The first-order chi connectivity index (χ1) is 11.2. The van der Waals surface area contributed by atoms with E-state index in [1.165, 1.54) is 17.4 Å². The van der Waals surface area contributed by atoms with Crippen LogP contribution in [0.15, 0.2) is 48.0 Å². The summed E-state index contributed by atoms with van der Waals surface area (Å²) in [5.74, 6) is 0.778. The lowest BCUT2D eigenvalue weighted by atomic mass is 10.2. The summed E-state index contributed by atoms with van der Waals surface area (Å²) in [5, 5.41) is 5.11. The summed E-state index contributed by atoms with van der Waals surface area (Å²) in [4.78, 5) is 30.3. The van der Waals surface area contributed by atoms with Crippen LogP contribution in [0.3, 0.4) is 0 Å². The standard InChI is InChI=1S/C16H15N3O2S2/c20-14(7-6-12-4-2-1-3-5-12)19-11-22-10-13(19)15(21)18-16-17-8-9-23-16/h1-9,13H,10-11H2,(H,17,18,21). The summed E-state index contributed by atoms with van der Waals surface area (Å²) in [7, 11) is 0. The molecule has 1 aromatic carbocycles. The fraction of sp³-hybridized carbons (Fsp3) is 0.188. The Morgan fingerprint density at radius 1 is 1.30 bits per heavy atom. The topological polar surface area (TPSA) is 62.3 Å². The van der Waals surface area contributed by atoms with E-state index in [0.717, 1.165) is 5.56 Å². The van der Waals surface area contributed by atoms with Crippen molar-refractivity contribution < 1.29 is 9.59 Å². The quantitative estimate of drug-likeness (QED) is 0.866. The molecule has 1 aliphatic rings. The van der Waals surface area contributed by atoms with Crippen molar-refractivity contribution in [1.82, 2.24) is 9.88 Å². The van der Waals surface area contributed by atoms with E-state index in [9.17, 15) is 9.59 Å². The molecule has 1 saturated heterocycles. The van der Waals surface area contributed by atoms with Gasteiger partial charge in [-0.15, -0.1) is 23.1 Å². The highest BCUT2D eigenvalue weighted by atomic mass is 32.2. The fourth-order valence-electron chi connectivity index (χ4n) is 2.18. The minimum atomic E-state index is -0.461. The van der Waals surface area contributed by atoms with Crippen LogP contribution in [0.5, 0.6) is 0 Å². The third-order valence-corrected chi connectivity index (χ3v) is 5.05. The molecule has 2 aromatic rings. The molecule has 3 rings (SSSR count). The minimum Gasteiger partial charge on any atom is -0.317 e. The number of rotatable bonds is 4. The summed E-state index contributed by atoms with van der Waals surface area (Å²) < 4.78 is 0. The molecule has 1 aliphatic heterocycles. The number of carbonyl (C=O) groups is 2. The Balaban J connectivity index is 1.65. The molecule has 1 atom stereocenters. The number of aromatic nitrogens is 1. The second-order valence-corrected chi connectivity index (χ2v) is 6.79. The molecular formula is C16H15N3O2S2. The zero-order valence-electron chi connectivity index (χ0n) is 12.2. The van der Waals surface area contributed by atoms with E-state index in [1.807, 2.05) is 30.3 Å². The lowest BCUT2D eigenvalue weighted by Crippen LogP contribution is -2.43. The molecular weight excluding hydrogens is 330 g/mol. The smallest absolute Gasteiger partial charge is 0.249 e. The lowest BCUT2D eigenvalue weighted by molar-refractivity contribution is -0.132. The van der Waals surface area contributed by atoms with E-state index in [2.05, 4.69) is 10.3 Å². The third kappa shape index (κ3) is 4.00. The van der Waals surface area contributed by atoms with Gasteiger partial charge >= 0.3 is 0 Å². The highest BCUT2D eigenvalue weighted by Crippen LogP contribution is 2.23. The maximum absolute atomic E-state index is 12.4. The van der Waals surface area contributed by atoms with Crippen molar-refractivity contribution >= 4 is 46.1 Å². The molecule has 5 nitrogen and oxygen atoms in total. The molecule has 0 spiro atoms. The van der Waals surface area contributed by atoms with Crippen molar-refractivity contribution in [2.75, 3.05) is 16.9 Å². The number of anilines is 1. The fourth-order valence-corrected chi connectivity index (χ4v) is 3.87. The van der Waals surface area contributed by atoms with Gasteiger partial charge in [0.15, 0.2) is 5.13 Å². The summed E-state index contributed by atoms with van der Waals surface area (Å²) >= 11 is 2.93. The van der Waals surface area contributed by atoms with Crippen LogP contribution in [0, 0.1) is 0 Å². The normalized spacial score (nSPS) is 17.6. The van der Waals surface area contributed by atoms with Crippen LogP contribution in [0.4, 0.5) is 5.13 Å². The van der Waals surface area contributed by atoms with Crippen molar-refractivity contribution in [1.29, 1.82) is 0 Å². The van der Waals surface area contributed by atoms with Gasteiger partial charge in [-0.05, 0) is 11.6 Å². The van der Waals surface area contributed by atoms with Crippen LogP contribution >= 0.6 is 23.1 Å². The maximum Gasteiger partial charge on any atom is 0.249 e. The second-order valence-electron chi connectivity index (χ2n) is 4.89. The Bertz CT molecular complexity index is 701. The number of benzene rings is 1. The van der Waals surface area contributed by atoms with E-state index >= 15 is 0 Å². The summed E-state index contributed by atoms with van der Waals surface area (Å²) in [6.45, 7) is 0. The Hall–Kier alpha value is -2.12. The Morgan fingerprint density at radius 2 is 2.13 bits per heavy atom. The molecule has 1 N–H and O–H groups in total. The van der Waals surface area contributed by atoms with E-state index in [0.29, 0.717) is 16.8 Å². The van der Waals surface area contributed by atoms with Crippen molar-refractivity contribution in [3.8, 4) is 0 Å². The number of amides is 2. The molecule has 1 aromatic heterocycles. The number of thioether (sulfide) groups is 1. The molecule has 7 heteroatoms. The first kappa shape index (κ1) is 15.8. The molecule has 2 heterocycles. The molecule has 1 unspecified atom stereocenters. The van der Waals surface area contributed by atoms with Gasteiger partial charge in [0, 0.05) is 23.4 Å². The summed E-state index contributed by atoms with van der Waals surface area (Å²) in [5.41, 5.74) is 0.955. The van der Waals surface area contributed by atoms with Crippen LogP contribution in [0.1, 0.15) is 5.56 Å². The highest BCUT2D eigenvalue weighted by Gasteiger charge is 2.33. The van der Waals surface area contributed by atoms with Crippen molar-refractivity contribution in [3.05, 3.63) is 53.5 Å². The average molecular weight is 345 g/mol. The molecule has 2 amide bonds. The Labute approximate surface area is 142 Å². The number of nitrogens with one attached hydrogen (secondary N) is 1.